The smallest absolute Gasteiger partial charge is 0.193 e. The quantitative estimate of drug-likeness (QED) is 0.460. The first-order valence-electron chi connectivity index (χ1n) is 4.03. The van der Waals surface area contributed by atoms with Gasteiger partial charge in [-0.05, 0) is 19.8 Å². The van der Waals surface area contributed by atoms with Crippen LogP contribution in [0.15, 0.2) is 0 Å². The van der Waals surface area contributed by atoms with E-state index in [9.17, 15) is 19.8 Å². The first-order chi connectivity index (χ1) is 5.89. The Hall–Kier alpha value is -0.780. The van der Waals surface area contributed by atoms with Gasteiger partial charge in [0, 0.05) is 0 Å². The van der Waals surface area contributed by atoms with Gasteiger partial charge in [0.2, 0.25) is 0 Å². The Morgan fingerprint density at radius 1 is 1.54 bits per heavy atom. The molecule has 0 aromatic rings. The zero-order valence-corrected chi connectivity index (χ0v) is 7.23. The summed E-state index contributed by atoms with van der Waals surface area (Å²) in [5.41, 5.74) is -2.00. The van der Waals surface area contributed by atoms with Crippen LogP contribution in [0.4, 0.5) is 0 Å². The number of aliphatic hydroxyl groups excluding tert-OH is 2. The Morgan fingerprint density at radius 2 is 2.08 bits per heavy atom. The van der Waals surface area contributed by atoms with Crippen molar-refractivity contribution in [2.75, 3.05) is 0 Å². The monoisotopic (exact) mass is 188 g/mol. The predicted octanol–water partition coefficient (Wildman–Crippen LogP) is -1.61. The summed E-state index contributed by atoms with van der Waals surface area (Å²) in [6.07, 6.45) is -3.15. The lowest BCUT2D eigenvalue weighted by Crippen LogP contribution is -2.58. The minimum absolute atomic E-state index is 0.00593. The van der Waals surface area contributed by atoms with Crippen molar-refractivity contribution in [3.8, 4) is 0 Å². The SMILES string of the molecule is CC(=O)C1(O)CCC(O)C(=O)C1O. The molecule has 5 nitrogen and oxygen atoms in total. The molecule has 3 unspecified atom stereocenters. The second-order valence-corrected chi connectivity index (χ2v) is 3.34. The molecule has 3 N–H and O–H groups in total. The third kappa shape index (κ3) is 1.50. The number of rotatable bonds is 1. The van der Waals surface area contributed by atoms with E-state index in [-0.39, 0.29) is 12.8 Å². The average molecular weight is 188 g/mol. The van der Waals surface area contributed by atoms with Crippen LogP contribution in [0.2, 0.25) is 0 Å². The molecule has 1 fully saturated rings. The third-order valence-corrected chi connectivity index (χ3v) is 2.46. The van der Waals surface area contributed by atoms with Crippen LogP contribution in [0.1, 0.15) is 19.8 Å². The first kappa shape index (κ1) is 10.3. The van der Waals surface area contributed by atoms with Gasteiger partial charge >= 0.3 is 0 Å². The molecule has 1 rings (SSSR count). The van der Waals surface area contributed by atoms with Crippen LogP contribution in [-0.2, 0) is 9.59 Å². The van der Waals surface area contributed by atoms with Gasteiger partial charge in [0.15, 0.2) is 23.3 Å². The van der Waals surface area contributed by atoms with E-state index in [1.54, 1.807) is 0 Å². The van der Waals surface area contributed by atoms with E-state index in [4.69, 9.17) is 5.11 Å². The molecule has 1 aliphatic carbocycles. The van der Waals surface area contributed by atoms with Gasteiger partial charge in [-0.25, -0.2) is 0 Å². The van der Waals surface area contributed by atoms with Gasteiger partial charge in [-0.2, -0.15) is 0 Å². The number of hydrogen-bond acceptors (Lipinski definition) is 5. The van der Waals surface area contributed by atoms with Crippen LogP contribution in [0.25, 0.3) is 0 Å². The van der Waals surface area contributed by atoms with Gasteiger partial charge in [-0.3, -0.25) is 9.59 Å². The third-order valence-electron chi connectivity index (χ3n) is 2.46. The van der Waals surface area contributed by atoms with E-state index in [1.807, 2.05) is 0 Å². The zero-order valence-electron chi connectivity index (χ0n) is 7.23. The van der Waals surface area contributed by atoms with E-state index >= 15 is 0 Å². The second kappa shape index (κ2) is 3.17. The highest BCUT2D eigenvalue weighted by atomic mass is 16.4. The second-order valence-electron chi connectivity index (χ2n) is 3.34. The fourth-order valence-corrected chi connectivity index (χ4v) is 1.42. The van der Waals surface area contributed by atoms with Crippen molar-refractivity contribution in [2.24, 2.45) is 0 Å². The molecule has 3 atom stereocenters. The van der Waals surface area contributed by atoms with Crippen molar-refractivity contribution in [2.45, 2.75) is 37.6 Å². The maximum Gasteiger partial charge on any atom is 0.193 e. The van der Waals surface area contributed by atoms with Crippen molar-refractivity contribution in [3.05, 3.63) is 0 Å². The van der Waals surface area contributed by atoms with Crippen LogP contribution >= 0.6 is 0 Å². The molecule has 0 spiro atoms. The normalized spacial score (nSPS) is 40.5. The summed E-state index contributed by atoms with van der Waals surface area (Å²) in [6, 6.07) is 0. The topological polar surface area (TPSA) is 94.8 Å². The molecule has 0 aliphatic heterocycles. The summed E-state index contributed by atoms with van der Waals surface area (Å²) in [5, 5.41) is 27.9. The van der Waals surface area contributed by atoms with Crippen molar-refractivity contribution in [1.82, 2.24) is 0 Å². The number of aliphatic hydroxyl groups is 3. The highest BCUT2D eigenvalue weighted by Gasteiger charge is 2.49. The number of carbonyl (C=O) groups excluding carboxylic acids is 2. The van der Waals surface area contributed by atoms with Gasteiger partial charge < -0.3 is 15.3 Å². The minimum Gasteiger partial charge on any atom is -0.385 e. The summed E-state index contributed by atoms with van der Waals surface area (Å²) >= 11 is 0. The van der Waals surface area contributed by atoms with E-state index < -0.39 is 29.4 Å². The molecule has 13 heavy (non-hydrogen) atoms. The zero-order chi connectivity index (χ0) is 10.2. The van der Waals surface area contributed by atoms with Crippen LogP contribution in [-0.4, -0.2) is 44.7 Å². The lowest BCUT2D eigenvalue weighted by molar-refractivity contribution is -0.171. The molecule has 0 saturated heterocycles. The number of carbonyl (C=O) groups is 2. The van der Waals surface area contributed by atoms with E-state index in [0.29, 0.717) is 0 Å². The largest absolute Gasteiger partial charge is 0.385 e. The molecule has 5 heteroatoms. The standard InChI is InChI=1S/C8H12O5/c1-4(9)8(13)3-2-5(10)6(11)7(8)12/h5,7,10,12-13H,2-3H2,1H3. The predicted molar refractivity (Wildman–Crippen MR) is 41.9 cm³/mol. The van der Waals surface area contributed by atoms with Crippen LogP contribution in [0.3, 0.4) is 0 Å². The van der Waals surface area contributed by atoms with Gasteiger partial charge in [-0.1, -0.05) is 0 Å². The summed E-state index contributed by atoms with van der Waals surface area (Å²) in [4.78, 5) is 22.0. The number of Topliss-reactive ketones (excluding diaryl/α,β-unsaturated/α-hetero) is 2. The maximum atomic E-state index is 11.0. The molecule has 0 bridgehead atoms. The molecular formula is C8H12O5. The molecular weight excluding hydrogens is 176 g/mol. The lowest BCUT2D eigenvalue weighted by atomic mass is 9.78. The summed E-state index contributed by atoms with van der Waals surface area (Å²) in [7, 11) is 0. The highest BCUT2D eigenvalue weighted by Crippen LogP contribution is 2.27. The fraction of sp³-hybridized carbons (Fsp3) is 0.750. The molecule has 74 valence electrons. The molecule has 0 amide bonds. The van der Waals surface area contributed by atoms with Crippen LogP contribution in [0, 0.1) is 0 Å². The van der Waals surface area contributed by atoms with E-state index in [0.717, 1.165) is 6.92 Å². The summed E-state index contributed by atoms with van der Waals surface area (Å²) in [5.74, 6) is -1.54. The molecule has 1 aliphatic rings. The molecule has 0 heterocycles. The number of ketones is 2. The summed E-state index contributed by atoms with van der Waals surface area (Å²) < 4.78 is 0. The lowest BCUT2D eigenvalue weighted by Gasteiger charge is -2.35. The Labute approximate surface area is 75.0 Å². The Bertz CT molecular complexity index is 249. The van der Waals surface area contributed by atoms with Crippen molar-refractivity contribution >= 4 is 11.6 Å². The van der Waals surface area contributed by atoms with Crippen molar-refractivity contribution in [1.29, 1.82) is 0 Å². The van der Waals surface area contributed by atoms with Gasteiger partial charge in [0.25, 0.3) is 0 Å². The molecule has 0 radical (unpaired) electrons. The first-order valence-corrected chi connectivity index (χ1v) is 4.03. The molecule has 0 aromatic carbocycles. The van der Waals surface area contributed by atoms with Crippen molar-refractivity contribution in [3.63, 3.8) is 0 Å². The average Bonchev–Trinajstić information content (AvgIpc) is 2.08. The summed E-state index contributed by atoms with van der Waals surface area (Å²) in [6.45, 7) is 1.11. The highest BCUT2D eigenvalue weighted by molar-refractivity contribution is 5.97. The van der Waals surface area contributed by atoms with Gasteiger partial charge in [0.1, 0.15) is 6.10 Å². The van der Waals surface area contributed by atoms with Crippen LogP contribution < -0.4 is 0 Å². The molecule has 1 saturated carbocycles. The Balaban J connectivity index is 2.92. The van der Waals surface area contributed by atoms with Crippen molar-refractivity contribution < 1.29 is 24.9 Å². The van der Waals surface area contributed by atoms with Gasteiger partial charge in [-0.15, -0.1) is 0 Å². The van der Waals surface area contributed by atoms with E-state index in [1.165, 1.54) is 0 Å². The Morgan fingerprint density at radius 3 is 2.54 bits per heavy atom. The van der Waals surface area contributed by atoms with Gasteiger partial charge in [0.05, 0.1) is 0 Å². The number of hydrogen-bond donors (Lipinski definition) is 3. The van der Waals surface area contributed by atoms with E-state index in [2.05, 4.69) is 0 Å². The fourth-order valence-electron chi connectivity index (χ4n) is 1.42. The minimum atomic E-state index is -2.00. The maximum absolute atomic E-state index is 11.0. The molecule has 0 aromatic heterocycles. The Kier molecular flexibility index (Phi) is 2.51. The van der Waals surface area contributed by atoms with Crippen LogP contribution in [0.5, 0.6) is 0 Å².